The number of thiol groups is 1. The highest BCUT2D eigenvalue weighted by Gasteiger charge is 2.37. The van der Waals surface area contributed by atoms with Crippen LogP contribution in [0.4, 0.5) is 0 Å². The highest BCUT2D eigenvalue weighted by atomic mass is 32.1. The smallest absolute Gasteiger partial charge is 0.0159 e. The molecular formula is C55H42S. The number of fused-ring (bicyclic) bond motifs is 7. The van der Waals surface area contributed by atoms with Gasteiger partial charge in [-0.3, -0.25) is 0 Å². The Morgan fingerprint density at radius 3 is 2.09 bits per heavy atom. The van der Waals surface area contributed by atoms with E-state index >= 15 is 0 Å². The van der Waals surface area contributed by atoms with Crippen molar-refractivity contribution in [2.75, 3.05) is 0 Å². The third-order valence-corrected chi connectivity index (χ3v) is 12.8. The minimum absolute atomic E-state index is 0.143. The molecular weight excluding hydrogens is 693 g/mol. The first-order chi connectivity index (χ1) is 27.4. The molecule has 0 fully saturated rings. The maximum absolute atomic E-state index is 5.05. The average Bonchev–Trinajstić information content (AvgIpc) is 3.48. The van der Waals surface area contributed by atoms with E-state index in [2.05, 4.69) is 185 Å². The standard InChI is InChI=1S/C55H42S/c1-5-42-43(6-2)51(41-24-23-34-15-10-11-18-37(34)31-41)45-22-13-12-21-44(45)50(42)40-20-14-19-38(32-40)39-26-28-47-46(33-39)54-48(55(47,3)4)29-25-36-27-30-49(56)52(53(36)54)35-16-8-7-9-17-35/h5-30,32-33,37,56H,1-2,31H2,3-4H3. The molecule has 0 saturated heterocycles. The van der Waals surface area contributed by atoms with E-state index in [0.717, 1.165) is 22.4 Å². The van der Waals surface area contributed by atoms with Crippen molar-refractivity contribution in [2.24, 2.45) is 5.92 Å². The Balaban J connectivity index is 1.16. The highest BCUT2D eigenvalue weighted by molar-refractivity contribution is 7.80. The number of rotatable bonds is 6. The van der Waals surface area contributed by atoms with Crippen molar-refractivity contribution in [3.05, 3.63) is 204 Å². The zero-order valence-corrected chi connectivity index (χ0v) is 32.7. The number of hydrogen-bond acceptors (Lipinski definition) is 1. The summed E-state index contributed by atoms with van der Waals surface area (Å²) in [7, 11) is 0. The first-order valence-corrected chi connectivity index (χ1v) is 20.0. The average molecular weight is 735 g/mol. The van der Waals surface area contributed by atoms with Gasteiger partial charge in [0.2, 0.25) is 0 Å². The first kappa shape index (κ1) is 34.3. The SMILES string of the molecule is C=Cc1c(C=C)c(-c2cccc(-c3ccc4c(c3)-c3c(ccc5ccc(S)c(-c6ccccc6)c35)C4(C)C)c2)c2ccccc2c1C1=CC=C2C=CC=CC2C1. The molecule has 1 unspecified atom stereocenters. The third-order valence-electron chi connectivity index (χ3n) is 12.5. The monoisotopic (exact) mass is 734 g/mol. The maximum Gasteiger partial charge on any atom is 0.0159 e. The maximum atomic E-state index is 5.05. The molecule has 0 heterocycles. The van der Waals surface area contributed by atoms with Gasteiger partial charge in [0.05, 0.1) is 0 Å². The Bertz CT molecular complexity index is 2940. The summed E-state index contributed by atoms with van der Waals surface area (Å²) < 4.78 is 0. The molecule has 0 N–H and O–H groups in total. The van der Waals surface area contributed by atoms with Gasteiger partial charge < -0.3 is 0 Å². The number of hydrogen-bond donors (Lipinski definition) is 1. The van der Waals surface area contributed by atoms with Crippen LogP contribution in [0.3, 0.4) is 0 Å². The van der Waals surface area contributed by atoms with Crippen LogP contribution >= 0.6 is 12.6 Å². The van der Waals surface area contributed by atoms with Crippen molar-refractivity contribution in [1.29, 1.82) is 0 Å². The van der Waals surface area contributed by atoms with Crippen LogP contribution in [-0.4, -0.2) is 0 Å². The second kappa shape index (κ2) is 13.3. The van der Waals surface area contributed by atoms with Gasteiger partial charge in [-0.05, 0) is 124 Å². The molecule has 0 nitrogen and oxygen atoms in total. The minimum atomic E-state index is -0.143. The molecule has 0 aromatic heterocycles. The lowest BCUT2D eigenvalue weighted by Crippen LogP contribution is -2.14. The molecule has 3 aliphatic rings. The zero-order valence-electron chi connectivity index (χ0n) is 31.8. The normalized spacial score (nSPS) is 16.2. The lowest BCUT2D eigenvalue weighted by molar-refractivity contribution is 0.661. The van der Waals surface area contributed by atoms with Crippen LogP contribution in [0.1, 0.15) is 48.1 Å². The molecule has 268 valence electrons. The molecule has 10 rings (SSSR count). The van der Waals surface area contributed by atoms with Crippen LogP contribution in [0, 0.1) is 5.92 Å². The summed E-state index contributed by atoms with van der Waals surface area (Å²) in [5.41, 5.74) is 18.5. The van der Waals surface area contributed by atoms with E-state index in [4.69, 9.17) is 12.6 Å². The lowest BCUT2D eigenvalue weighted by Gasteiger charge is -2.26. The summed E-state index contributed by atoms with van der Waals surface area (Å²) >= 11 is 5.05. The van der Waals surface area contributed by atoms with E-state index in [0.29, 0.717) is 5.92 Å². The first-order valence-electron chi connectivity index (χ1n) is 19.6. The molecule has 7 aromatic rings. The van der Waals surface area contributed by atoms with Crippen LogP contribution in [-0.2, 0) is 5.41 Å². The van der Waals surface area contributed by atoms with Crippen LogP contribution < -0.4 is 0 Å². The molecule has 1 heteroatoms. The fourth-order valence-corrected chi connectivity index (χ4v) is 10.1. The summed E-state index contributed by atoms with van der Waals surface area (Å²) in [6.07, 6.45) is 18.5. The molecule has 0 bridgehead atoms. The van der Waals surface area contributed by atoms with Crippen LogP contribution in [0.25, 0.3) is 83.8 Å². The van der Waals surface area contributed by atoms with Crippen molar-refractivity contribution >= 4 is 51.9 Å². The Hall–Kier alpha value is -6.15. The van der Waals surface area contributed by atoms with Crippen molar-refractivity contribution in [3.8, 4) is 44.5 Å². The molecule has 56 heavy (non-hydrogen) atoms. The van der Waals surface area contributed by atoms with Crippen molar-refractivity contribution < 1.29 is 0 Å². The second-order valence-electron chi connectivity index (χ2n) is 15.8. The zero-order chi connectivity index (χ0) is 38.1. The molecule has 1 atom stereocenters. The van der Waals surface area contributed by atoms with Gasteiger partial charge in [-0.2, -0.15) is 0 Å². The fraction of sp³-hybridized carbons (Fsp3) is 0.0909. The van der Waals surface area contributed by atoms with Gasteiger partial charge in [0.25, 0.3) is 0 Å². The van der Waals surface area contributed by atoms with Gasteiger partial charge in [-0.15, -0.1) is 12.6 Å². The van der Waals surface area contributed by atoms with Gasteiger partial charge in [-0.25, -0.2) is 0 Å². The van der Waals surface area contributed by atoms with Crippen molar-refractivity contribution in [3.63, 3.8) is 0 Å². The molecule has 0 spiro atoms. The quantitative estimate of drug-likeness (QED) is 0.162. The Kier molecular flexibility index (Phi) is 8.13. The summed E-state index contributed by atoms with van der Waals surface area (Å²) in [6, 6.07) is 44.7. The van der Waals surface area contributed by atoms with Gasteiger partial charge in [0.1, 0.15) is 0 Å². The summed E-state index contributed by atoms with van der Waals surface area (Å²) in [5, 5.41) is 4.97. The van der Waals surface area contributed by atoms with Crippen LogP contribution in [0.15, 0.2) is 181 Å². The van der Waals surface area contributed by atoms with Crippen LogP contribution in [0.2, 0.25) is 0 Å². The van der Waals surface area contributed by atoms with Gasteiger partial charge in [0.15, 0.2) is 0 Å². The van der Waals surface area contributed by atoms with E-state index < -0.39 is 0 Å². The second-order valence-corrected chi connectivity index (χ2v) is 16.3. The molecule has 3 aliphatic carbocycles. The molecule has 0 saturated carbocycles. The van der Waals surface area contributed by atoms with Crippen LogP contribution in [0.5, 0.6) is 0 Å². The molecule has 0 amide bonds. The fourth-order valence-electron chi connectivity index (χ4n) is 9.79. The molecule has 7 aromatic carbocycles. The third kappa shape index (κ3) is 5.22. The van der Waals surface area contributed by atoms with Crippen molar-refractivity contribution in [1.82, 2.24) is 0 Å². The van der Waals surface area contributed by atoms with Gasteiger partial charge in [0, 0.05) is 21.8 Å². The number of allylic oxidation sites excluding steroid dienone is 8. The minimum Gasteiger partial charge on any atom is -0.143 e. The Morgan fingerprint density at radius 1 is 0.607 bits per heavy atom. The van der Waals surface area contributed by atoms with E-state index in [9.17, 15) is 0 Å². The Morgan fingerprint density at radius 2 is 1.29 bits per heavy atom. The molecule has 0 aliphatic heterocycles. The van der Waals surface area contributed by atoms with E-state index in [1.807, 2.05) is 12.2 Å². The van der Waals surface area contributed by atoms with Gasteiger partial charge in [-0.1, -0.05) is 179 Å². The largest absolute Gasteiger partial charge is 0.143 e. The van der Waals surface area contributed by atoms with E-state index in [-0.39, 0.29) is 5.41 Å². The van der Waals surface area contributed by atoms with Gasteiger partial charge >= 0.3 is 0 Å². The predicted octanol–water partition coefficient (Wildman–Crippen LogP) is 15.3. The van der Waals surface area contributed by atoms with E-state index in [1.54, 1.807) is 0 Å². The Labute approximate surface area is 335 Å². The topological polar surface area (TPSA) is 0 Å². The van der Waals surface area contributed by atoms with E-state index in [1.165, 1.54) is 93.9 Å². The lowest BCUT2D eigenvalue weighted by atomic mass is 9.77. The summed E-state index contributed by atoms with van der Waals surface area (Å²) in [5.74, 6) is 0.382. The van der Waals surface area contributed by atoms with Crippen molar-refractivity contribution in [2.45, 2.75) is 30.6 Å². The summed E-state index contributed by atoms with van der Waals surface area (Å²) in [4.78, 5) is 0.992. The molecule has 0 radical (unpaired) electrons. The number of benzene rings is 7. The predicted molar refractivity (Wildman–Crippen MR) is 245 cm³/mol. The summed E-state index contributed by atoms with van der Waals surface area (Å²) in [6.45, 7) is 13.5. The highest BCUT2D eigenvalue weighted by Crippen LogP contribution is 2.54.